The summed E-state index contributed by atoms with van der Waals surface area (Å²) >= 11 is 0. The molecule has 1 aromatic carbocycles. The van der Waals surface area contributed by atoms with Crippen LogP contribution in [0.4, 0.5) is 4.79 Å². The van der Waals surface area contributed by atoms with E-state index in [1.165, 1.54) is 0 Å². The standard InChI is InChI=1S/C23H33NO4/c1-7-10-18(8-2)19-13-11-17(12-14-19)15-20(16-21(25)27-9-3)24-22(26)28-23(4,5)6/h7-8,10-14,20H,9,15-16H2,1-6H3,(H,24,26). The molecule has 0 saturated carbocycles. The van der Waals surface area contributed by atoms with Crippen molar-refractivity contribution in [2.75, 3.05) is 6.61 Å². The third kappa shape index (κ3) is 8.89. The minimum absolute atomic E-state index is 0.0908. The maximum atomic E-state index is 12.2. The van der Waals surface area contributed by atoms with Gasteiger partial charge in [0.25, 0.3) is 0 Å². The van der Waals surface area contributed by atoms with E-state index in [2.05, 4.69) is 17.5 Å². The van der Waals surface area contributed by atoms with Gasteiger partial charge in [0.15, 0.2) is 0 Å². The van der Waals surface area contributed by atoms with E-state index >= 15 is 0 Å². The zero-order chi connectivity index (χ0) is 21.2. The number of esters is 1. The van der Waals surface area contributed by atoms with Gasteiger partial charge in [0, 0.05) is 6.04 Å². The van der Waals surface area contributed by atoms with Crippen LogP contribution in [0.25, 0.3) is 5.57 Å². The Morgan fingerprint density at radius 3 is 2.29 bits per heavy atom. The third-order valence-corrected chi connectivity index (χ3v) is 3.87. The quantitative estimate of drug-likeness (QED) is 0.500. The number of ether oxygens (including phenoxy) is 2. The van der Waals surface area contributed by atoms with Crippen LogP contribution in [0.3, 0.4) is 0 Å². The van der Waals surface area contributed by atoms with Gasteiger partial charge in [-0.15, -0.1) is 0 Å². The summed E-state index contributed by atoms with van der Waals surface area (Å²) in [7, 11) is 0. The zero-order valence-corrected chi connectivity index (χ0v) is 17.9. The molecule has 1 amide bonds. The Hall–Kier alpha value is -2.56. The van der Waals surface area contributed by atoms with E-state index in [4.69, 9.17) is 9.47 Å². The van der Waals surface area contributed by atoms with Crippen molar-refractivity contribution in [2.24, 2.45) is 0 Å². The van der Waals surface area contributed by atoms with Crippen molar-refractivity contribution >= 4 is 17.6 Å². The zero-order valence-electron chi connectivity index (χ0n) is 17.9. The lowest BCUT2D eigenvalue weighted by atomic mass is 9.99. The summed E-state index contributed by atoms with van der Waals surface area (Å²) in [6.07, 6.45) is 6.18. The Morgan fingerprint density at radius 2 is 1.79 bits per heavy atom. The number of nitrogens with one attached hydrogen (secondary N) is 1. The fourth-order valence-corrected chi connectivity index (χ4v) is 2.73. The van der Waals surface area contributed by atoms with Crippen molar-refractivity contribution in [3.05, 3.63) is 53.6 Å². The van der Waals surface area contributed by atoms with Crippen molar-refractivity contribution in [3.63, 3.8) is 0 Å². The van der Waals surface area contributed by atoms with Crippen LogP contribution < -0.4 is 5.32 Å². The van der Waals surface area contributed by atoms with Crippen LogP contribution in [-0.4, -0.2) is 30.3 Å². The van der Waals surface area contributed by atoms with E-state index < -0.39 is 17.7 Å². The Balaban J connectivity index is 2.89. The lowest BCUT2D eigenvalue weighted by molar-refractivity contribution is -0.143. The number of carbonyl (C=O) groups is 2. The van der Waals surface area contributed by atoms with Gasteiger partial charge in [-0.3, -0.25) is 4.79 Å². The van der Waals surface area contributed by atoms with Crippen LogP contribution in [0.1, 0.15) is 59.1 Å². The predicted molar refractivity (Wildman–Crippen MR) is 113 cm³/mol. The molecule has 1 unspecified atom stereocenters. The molecule has 0 aliphatic heterocycles. The van der Waals surface area contributed by atoms with Crippen LogP contribution in [0.15, 0.2) is 42.5 Å². The Labute approximate surface area is 168 Å². The van der Waals surface area contributed by atoms with E-state index in [1.54, 1.807) is 27.7 Å². The molecule has 0 aliphatic rings. The average molecular weight is 388 g/mol. The highest BCUT2D eigenvalue weighted by Gasteiger charge is 2.22. The van der Waals surface area contributed by atoms with Gasteiger partial charge >= 0.3 is 12.1 Å². The maximum absolute atomic E-state index is 12.2. The highest BCUT2D eigenvalue weighted by molar-refractivity contribution is 5.74. The second-order valence-electron chi connectivity index (χ2n) is 7.50. The van der Waals surface area contributed by atoms with Gasteiger partial charge in [0.05, 0.1) is 13.0 Å². The van der Waals surface area contributed by atoms with E-state index in [0.29, 0.717) is 13.0 Å². The molecule has 0 saturated heterocycles. The van der Waals surface area contributed by atoms with E-state index in [0.717, 1.165) is 16.7 Å². The summed E-state index contributed by atoms with van der Waals surface area (Å²) < 4.78 is 10.4. The number of alkyl carbamates (subject to hydrolysis) is 1. The number of hydrogen-bond acceptors (Lipinski definition) is 4. The summed E-state index contributed by atoms with van der Waals surface area (Å²) in [5, 5.41) is 2.80. The molecule has 0 heterocycles. The topological polar surface area (TPSA) is 64.6 Å². The first kappa shape index (κ1) is 23.5. The number of amides is 1. The summed E-state index contributed by atoms with van der Waals surface area (Å²) in [5.74, 6) is -0.343. The van der Waals surface area contributed by atoms with E-state index in [9.17, 15) is 9.59 Å². The Kier molecular flexibility index (Phi) is 9.49. The van der Waals surface area contributed by atoms with Gasteiger partial charge < -0.3 is 14.8 Å². The first-order valence-electron chi connectivity index (χ1n) is 9.72. The molecule has 5 nitrogen and oxygen atoms in total. The number of hydrogen-bond donors (Lipinski definition) is 1. The second kappa shape index (κ2) is 11.3. The molecular formula is C23H33NO4. The fourth-order valence-electron chi connectivity index (χ4n) is 2.73. The molecule has 1 aromatic rings. The highest BCUT2D eigenvalue weighted by atomic mass is 16.6. The number of rotatable bonds is 8. The number of carbonyl (C=O) groups excluding carboxylic acids is 2. The van der Waals surface area contributed by atoms with E-state index in [1.807, 2.05) is 44.2 Å². The number of allylic oxidation sites excluding steroid dienone is 4. The smallest absolute Gasteiger partial charge is 0.407 e. The molecule has 0 spiro atoms. The molecule has 0 bridgehead atoms. The molecule has 154 valence electrons. The molecular weight excluding hydrogens is 354 g/mol. The second-order valence-corrected chi connectivity index (χ2v) is 7.50. The maximum Gasteiger partial charge on any atom is 0.407 e. The van der Waals surface area contributed by atoms with Crippen LogP contribution in [0, 0.1) is 0 Å². The molecule has 1 rings (SSSR count). The minimum Gasteiger partial charge on any atom is -0.466 e. The van der Waals surface area contributed by atoms with Crippen LogP contribution >= 0.6 is 0 Å². The molecule has 0 radical (unpaired) electrons. The molecule has 0 aromatic heterocycles. The van der Waals surface area contributed by atoms with E-state index in [-0.39, 0.29) is 12.4 Å². The number of benzene rings is 1. The van der Waals surface area contributed by atoms with Gasteiger partial charge in [-0.05, 0) is 64.7 Å². The van der Waals surface area contributed by atoms with Crippen molar-refractivity contribution < 1.29 is 19.1 Å². The average Bonchev–Trinajstić information content (AvgIpc) is 2.59. The fraction of sp³-hybridized carbons (Fsp3) is 0.478. The van der Waals surface area contributed by atoms with Crippen molar-refractivity contribution in [2.45, 2.75) is 66.0 Å². The molecule has 5 heteroatoms. The van der Waals surface area contributed by atoms with Gasteiger partial charge in [-0.2, -0.15) is 0 Å². The summed E-state index contributed by atoms with van der Waals surface area (Å²) in [4.78, 5) is 24.1. The highest BCUT2D eigenvalue weighted by Crippen LogP contribution is 2.18. The Bertz CT molecular complexity index is 696. The van der Waals surface area contributed by atoms with Gasteiger partial charge in [0.2, 0.25) is 0 Å². The molecule has 28 heavy (non-hydrogen) atoms. The van der Waals surface area contributed by atoms with Gasteiger partial charge in [0.1, 0.15) is 5.60 Å². The van der Waals surface area contributed by atoms with Crippen molar-refractivity contribution in [1.82, 2.24) is 5.32 Å². The Morgan fingerprint density at radius 1 is 1.14 bits per heavy atom. The minimum atomic E-state index is -0.601. The summed E-state index contributed by atoms with van der Waals surface area (Å²) in [6.45, 7) is 11.5. The van der Waals surface area contributed by atoms with Crippen LogP contribution in [-0.2, 0) is 20.7 Å². The van der Waals surface area contributed by atoms with Crippen molar-refractivity contribution in [3.8, 4) is 0 Å². The first-order valence-corrected chi connectivity index (χ1v) is 9.72. The summed E-state index contributed by atoms with van der Waals surface area (Å²) in [6, 6.07) is 7.70. The molecule has 0 fully saturated rings. The molecule has 0 aliphatic carbocycles. The lowest BCUT2D eigenvalue weighted by Gasteiger charge is -2.23. The molecule has 1 atom stereocenters. The predicted octanol–water partition coefficient (Wildman–Crippen LogP) is 5.06. The third-order valence-electron chi connectivity index (χ3n) is 3.87. The SMILES string of the molecule is CC=CC(=CC)c1ccc(CC(CC(=O)OCC)NC(=O)OC(C)(C)C)cc1. The summed E-state index contributed by atoms with van der Waals surface area (Å²) in [5.41, 5.74) is 2.68. The van der Waals surface area contributed by atoms with Crippen LogP contribution in [0.2, 0.25) is 0 Å². The molecule has 1 N–H and O–H groups in total. The van der Waals surface area contributed by atoms with Crippen LogP contribution in [0.5, 0.6) is 0 Å². The first-order chi connectivity index (χ1) is 13.2. The monoisotopic (exact) mass is 387 g/mol. The van der Waals surface area contributed by atoms with Gasteiger partial charge in [-0.1, -0.05) is 42.5 Å². The largest absolute Gasteiger partial charge is 0.466 e. The normalized spacial score (nSPS) is 13.3. The van der Waals surface area contributed by atoms with Crippen molar-refractivity contribution in [1.29, 1.82) is 0 Å². The van der Waals surface area contributed by atoms with Gasteiger partial charge in [-0.25, -0.2) is 4.79 Å². The lowest BCUT2D eigenvalue weighted by Crippen LogP contribution is -2.41.